The molecule has 0 aliphatic heterocycles. The van der Waals surface area contributed by atoms with Gasteiger partial charge in [0.15, 0.2) is 0 Å². The Morgan fingerprint density at radius 2 is 1.69 bits per heavy atom. The highest BCUT2D eigenvalue weighted by molar-refractivity contribution is 7.48. The van der Waals surface area contributed by atoms with Crippen LogP contribution in [-0.2, 0) is 20.2 Å². The van der Waals surface area contributed by atoms with Crippen LogP contribution in [0.3, 0.4) is 0 Å². The molecule has 0 saturated heterocycles. The number of hydrogen-bond acceptors (Lipinski definition) is 7. The standard InChI is InChI=1S/C21H25N2O5P/c1-5-26-29(24,27-6-2)28-19-9-7-18(8-10-19)15-25-20-11-12-21(16(3)13-20)23-17(4)14-22/h7-13H,5-6,15H2,1-4H3. The van der Waals surface area contributed by atoms with Crippen molar-refractivity contribution in [1.82, 2.24) is 0 Å². The third kappa shape index (κ3) is 7.03. The Morgan fingerprint density at radius 3 is 2.24 bits per heavy atom. The Bertz CT molecular complexity index is 925. The lowest BCUT2D eigenvalue weighted by Gasteiger charge is -2.17. The number of hydrogen-bond donors (Lipinski definition) is 0. The molecule has 2 rings (SSSR count). The second kappa shape index (κ2) is 10.8. The fourth-order valence-corrected chi connectivity index (χ4v) is 3.59. The third-order valence-electron chi connectivity index (χ3n) is 3.74. The Hall–Kier alpha value is -2.65. The molecule has 8 heteroatoms. The summed E-state index contributed by atoms with van der Waals surface area (Å²) in [6, 6.07) is 14.5. The van der Waals surface area contributed by atoms with Crippen LogP contribution < -0.4 is 9.26 Å². The fraction of sp³-hybridized carbons (Fsp3) is 0.333. The Balaban J connectivity index is 1.99. The van der Waals surface area contributed by atoms with Gasteiger partial charge in [-0.25, -0.2) is 9.56 Å². The number of aryl methyl sites for hydroxylation is 1. The van der Waals surface area contributed by atoms with Gasteiger partial charge < -0.3 is 9.26 Å². The van der Waals surface area contributed by atoms with Crippen LogP contribution in [0.25, 0.3) is 0 Å². The largest absolute Gasteiger partial charge is 0.530 e. The van der Waals surface area contributed by atoms with Crippen molar-refractivity contribution in [2.75, 3.05) is 13.2 Å². The second-order valence-electron chi connectivity index (χ2n) is 6.06. The van der Waals surface area contributed by atoms with Crippen molar-refractivity contribution in [3.8, 4) is 17.6 Å². The van der Waals surface area contributed by atoms with Crippen molar-refractivity contribution in [3.63, 3.8) is 0 Å². The van der Waals surface area contributed by atoms with Crippen molar-refractivity contribution in [2.24, 2.45) is 4.99 Å². The first-order valence-corrected chi connectivity index (χ1v) is 10.7. The number of nitriles is 1. The second-order valence-corrected chi connectivity index (χ2v) is 7.66. The van der Waals surface area contributed by atoms with Crippen LogP contribution >= 0.6 is 7.82 Å². The normalized spacial score (nSPS) is 11.8. The van der Waals surface area contributed by atoms with E-state index in [1.807, 2.05) is 43.3 Å². The molecule has 0 aliphatic carbocycles. The number of nitrogens with zero attached hydrogens (tertiary/aromatic N) is 2. The molecule has 0 atom stereocenters. The van der Waals surface area contributed by atoms with Gasteiger partial charge in [0, 0.05) is 0 Å². The molecular weight excluding hydrogens is 391 g/mol. The van der Waals surface area contributed by atoms with Crippen LogP contribution in [-0.4, -0.2) is 18.9 Å². The zero-order valence-corrected chi connectivity index (χ0v) is 17.9. The van der Waals surface area contributed by atoms with Gasteiger partial charge in [-0.15, -0.1) is 0 Å². The molecule has 2 aromatic carbocycles. The van der Waals surface area contributed by atoms with E-state index >= 15 is 0 Å². The highest BCUT2D eigenvalue weighted by atomic mass is 31.2. The van der Waals surface area contributed by atoms with Gasteiger partial charge in [-0.1, -0.05) is 12.1 Å². The molecule has 2 aromatic rings. The molecular formula is C21H25N2O5P. The van der Waals surface area contributed by atoms with Crippen LogP contribution in [0, 0.1) is 18.3 Å². The van der Waals surface area contributed by atoms with E-state index in [4.69, 9.17) is 23.6 Å². The Morgan fingerprint density at radius 1 is 1.07 bits per heavy atom. The van der Waals surface area contributed by atoms with Gasteiger partial charge in [-0.3, -0.25) is 9.05 Å². The maximum Gasteiger partial charge on any atom is 0.530 e. The number of phosphoric ester groups is 1. The predicted molar refractivity (Wildman–Crippen MR) is 112 cm³/mol. The summed E-state index contributed by atoms with van der Waals surface area (Å²) in [6.45, 7) is 7.83. The zero-order valence-electron chi connectivity index (χ0n) is 17.0. The van der Waals surface area contributed by atoms with Crippen LogP contribution in [0.5, 0.6) is 11.5 Å². The van der Waals surface area contributed by atoms with Gasteiger partial charge in [-0.2, -0.15) is 5.26 Å². The molecule has 0 aromatic heterocycles. The Labute approximate surface area is 171 Å². The lowest BCUT2D eigenvalue weighted by Crippen LogP contribution is -2.02. The molecule has 0 amide bonds. The first-order chi connectivity index (χ1) is 13.9. The average molecular weight is 416 g/mol. The van der Waals surface area contributed by atoms with Crippen LogP contribution in [0.1, 0.15) is 31.9 Å². The van der Waals surface area contributed by atoms with Crippen molar-refractivity contribution in [3.05, 3.63) is 53.6 Å². The summed E-state index contributed by atoms with van der Waals surface area (Å²) >= 11 is 0. The molecule has 7 nitrogen and oxygen atoms in total. The molecule has 0 bridgehead atoms. The third-order valence-corrected chi connectivity index (χ3v) is 5.32. The van der Waals surface area contributed by atoms with Crippen molar-refractivity contribution in [2.45, 2.75) is 34.3 Å². The summed E-state index contributed by atoms with van der Waals surface area (Å²) in [5.74, 6) is 1.10. The van der Waals surface area contributed by atoms with Gasteiger partial charge in [0.25, 0.3) is 0 Å². The maximum absolute atomic E-state index is 12.4. The minimum Gasteiger partial charge on any atom is -0.489 e. The van der Waals surface area contributed by atoms with Crippen molar-refractivity contribution < 1.29 is 22.9 Å². The summed E-state index contributed by atoms with van der Waals surface area (Å²) in [5, 5.41) is 8.84. The quantitative estimate of drug-likeness (QED) is 0.362. The van der Waals surface area contributed by atoms with Gasteiger partial charge >= 0.3 is 7.82 Å². The molecule has 29 heavy (non-hydrogen) atoms. The highest BCUT2D eigenvalue weighted by Crippen LogP contribution is 2.49. The summed E-state index contributed by atoms with van der Waals surface area (Å²) in [6.07, 6.45) is 0. The van der Waals surface area contributed by atoms with Crippen LogP contribution in [0.4, 0.5) is 5.69 Å². The number of rotatable bonds is 10. The highest BCUT2D eigenvalue weighted by Gasteiger charge is 2.27. The molecule has 0 unspecified atom stereocenters. The summed E-state index contributed by atoms with van der Waals surface area (Å²) in [7, 11) is -3.60. The lowest BCUT2D eigenvalue weighted by atomic mass is 10.2. The summed E-state index contributed by atoms with van der Waals surface area (Å²) in [5.41, 5.74) is 2.98. The zero-order chi connectivity index (χ0) is 21.3. The maximum atomic E-state index is 12.4. The molecule has 0 aliphatic rings. The monoisotopic (exact) mass is 416 g/mol. The number of aliphatic imine (C=N–C) groups is 1. The SMILES string of the molecule is CCOP(=O)(OCC)Oc1ccc(COc2ccc(N=C(C)C#N)c(C)c2)cc1. The Kier molecular flexibility index (Phi) is 8.41. The topological polar surface area (TPSA) is 90.1 Å². The van der Waals surface area contributed by atoms with Gasteiger partial charge in [0.1, 0.15) is 29.9 Å². The number of ether oxygens (including phenoxy) is 1. The predicted octanol–water partition coefficient (Wildman–Crippen LogP) is 5.75. The summed E-state index contributed by atoms with van der Waals surface area (Å²) in [4.78, 5) is 4.24. The van der Waals surface area contributed by atoms with Crippen molar-refractivity contribution >= 4 is 19.2 Å². The molecule has 0 heterocycles. The van der Waals surface area contributed by atoms with Gasteiger partial charge in [-0.05, 0) is 69.2 Å². The smallest absolute Gasteiger partial charge is 0.489 e. The summed E-state index contributed by atoms with van der Waals surface area (Å²) < 4.78 is 33.9. The van der Waals surface area contributed by atoms with E-state index < -0.39 is 7.82 Å². The lowest BCUT2D eigenvalue weighted by molar-refractivity contribution is 0.167. The molecule has 0 fully saturated rings. The minimum absolute atomic E-state index is 0.225. The van der Waals surface area contributed by atoms with E-state index in [-0.39, 0.29) is 13.2 Å². The minimum atomic E-state index is -3.60. The fourth-order valence-electron chi connectivity index (χ4n) is 2.40. The average Bonchev–Trinajstić information content (AvgIpc) is 2.69. The first-order valence-electron chi connectivity index (χ1n) is 9.25. The molecule has 0 saturated carbocycles. The van der Waals surface area contributed by atoms with Crippen LogP contribution in [0.2, 0.25) is 0 Å². The molecule has 0 radical (unpaired) electrons. The van der Waals surface area contributed by atoms with E-state index in [2.05, 4.69) is 4.99 Å². The first kappa shape index (κ1) is 22.6. The van der Waals surface area contributed by atoms with E-state index in [0.717, 1.165) is 16.8 Å². The molecule has 0 spiro atoms. The van der Waals surface area contributed by atoms with Gasteiger partial charge in [0.05, 0.1) is 18.9 Å². The van der Waals surface area contributed by atoms with E-state index in [1.165, 1.54) is 0 Å². The van der Waals surface area contributed by atoms with Crippen LogP contribution in [0.15, 0.2) is 47.5 Å². The molecule has 0 N–H and O–H groups in total. The molecule has 154 valence electrons. The van der Waals surface area contributed by atoms with E-state index in [1.54, 1.807) is 32.9 Å². The number of benzene rings is 2. The van der Waals surface area contributed by atoms with E-state index in [0.29, 0.717) is 23.8 Å². The van der Waals surface area contributed by atoms with Crippen molar-refractivity contribution in [1.29, 1.82) is 5.26 Å². The van der Waals surface area contributed by atoms with E-state index in [9.17, 15) is 4.57 Å². The van der Waals surface area contributed by atoms with Gasteiger partial charge in [0.2, 0.25) is 0 Å². The number of phosphoric acid groups is 1.